The topological polar surface area (TPSA) is 74.6 Å². The third-order valence-corrected chi connectivity index (χ3v) is 2.05. The summed E-state index contributed by atoms with van der Waals surface area (Å²) in [7, 11) is 0. The minimum atomic E-state index is -1.08. The molecule has 86 valence electrons. The molecule has 0 fully saturated rings. The summed E-state index contributed by atoms with van der Waals surface area (Å²) < 4.78 is 0. The number of hydrogen-bond donors (Lipinski definition) is 2. The van der Waals surface area contributed by atoms with Crippen molar-refractivity contribution in [2.24, 2.45) is 5.92 Å². The Morgan fingerprint density at radius 3 is 2.40 bits per heavy atom. The van der Waals surface area contributed by atoms with Crippen molar-refractivity contribution in [2.75, 3.05) is 0 Å². The molecule has 15 heavy (non-hydrogen) atoms. The lowest BCUT2D eigenvalue weighted by molar-refractivity contribution is -0.146. The number of hydrogen-bond acceptors (Lipinski definition) is 2. The number of unbranched alkanes of at least 4 members (excludes halogenated alkanes) is 3. The highest BCUT2D eigenvalue weighted by Crippen LogP contribution is 2.08. The van der Waals surface area contributed by atoms with E-state index in [1.54, 1.807) is 6.08 Å². The van der Waals surface area contributed by atoms with E-state index >= 15 is 0 Å². The van der Waals surface area contributed by atoms with Crippen LogP contribution in [0, 0.1) is 5.92 Å². The van der Waals surface area contributed by atoms with Crippen molar-refractivity contribution in [3.05, 3.63) is 12.2 Å². The van der Waals surface area contributed by atoms with Gasteiger partial charge in [-0.15, -0.1) is 0 Å². The van der Waals surface area contributed by atoms with Crippen LogP contribution in [0.4, 0.5) is 0 Å². The minimum Gasteiger partial charge on any atom is -0.481 e. The first-order valence-corrected chi connectivity index (χ1v) is 5.19. The number of rotatable bonds is 8. The van der Waals surface area contributed by atoms with Gasteiger partial charge in [0, 0.05) is 0 Å². The van der Waals surface area contributed by atoms with Crippen molar-refractivity contribution in [2.45, 2.75) is 39.0 Å². The van der Waals surface area contributed by atoms with Crippen molar-refractivity contribution in [3.8, 4) is 0 Å². The zero-order valence-electron chi connectivity index (χ0n) is 8.98. The van der Waals surface area contributed by atoms with Crippen molar-refractivity contribution >= 4 is 11.9 Å². The molecule has 0 radical (unpaired) electrons. The van der Waals surface area contributed by atoms with Gasteiger partial charge in [0.2, 0.25) is 0 Å². The van der Waals surface area contributed by atoms with E-state index in [9.17, 15) is 9.59 Å². The van der Waals surface area contributed by atoms with Gasteiger partial charge < -0.3 is 10.2 Å². The molecule has 2 N–H and O–H groups in total. The quantitative estimate of drug-likeness (QED) is 0.480. The van der Waals surface area contributed by atoms with E-state index in [1.807, 2.05) is 0 Å². The van der Waals surface area contributed by atoms with Crippen LogP contribution in [-0.2, 0) is 9.59 Å². The van der Waals surface area contributed by atoms with Crippen LogP contribution in [0.25, 0.3) is 0 Å². The third-order valence-electron chi connectivity index (χ3n) is 2.05. The molecule has 0 aliphatic carbocycles. The lowest BCUT2D eigenvalue weighted by Gasteiger charge is -2.02. The van der Waals surface area contributed by atoms with Crippen LogP contribution in [-0.4, -0.2) is 22.2 Å². The first kappa shape index (κ1) is 13.7. The SMILES string of the molecule is CCCCCC=CC(CC(=O)O)C(=O)O. The first-order chi connectivity index (χ1) is 7.07. The zero-order chi connectivity index (χ0) is 11.7. The highest BCUT2D eigenvalue weighted by Gasteiger charge is 2.17. The van der Waals surface area contributed by atoms with E-state index in [0.717, 1.165) is 25.7 Å². The van der Waals surface area contributed by atoms with Crippen LogP contribution in [0.5, 0.6) is 0 Å². The molecule has 0 bridgehead atoms. The summed E-state index contributed by atoms with van der Waals surface area (Å²) in [6.45, 7) is 2.09. The van der Waals surface area contributed by atoms with Gasteiger partial charge in [0.15, 0.2) is 0 Å². The molecule has 1 unspecified atom stereocenters. The summed E-state index contributed by atoms with van der Waals surface area (Å²) in [6.07, 6.45) is 6.96. The smallest absolute Gasteiger partial charge is 0.310 e. The van der Waals surface area contributed by atoms with E-state index in [1.165, 1.54) is 6.08 Å². The van der Waals surface area contributed by atoms with Gasteiger partial charge in [-0.25, -0.2) is 0 Å². The molecule has 0 aromatic carbocycles. The maximum absolute atomic E-state index is 10.6. The molecule has 0 heterocycles. The molecule has 0 spiro atoms. The Bertz CT molecular complexity index is 233. The minimum absolute atomic E-state index is 0.348. The van der Waals surface area contributed by atoms with Gasteiger partial charge in [0.1, 0.15) is 0 Å². The molecule has 0 aromatic heterocycles. The molecule has 0 saturated carbocycles. The monoisotopic (exact) mass is 214 g/mol. The van der Waals surface area contributed by atoms with Gasteiger partial charge in [-0.1, -0.05) is 31.9 Å². The summed E-state index contributed by atoms with van der Waals surface area (Å²) in [5, 5.41) is 17.2. The van der Waals surface area contributed by atoms with E-state index in [2.05, 4.69) is 6.92 Å². The van der Waals surface area contributed by atoms with Crippen molar-refractivity contribution < 1.29 is 19.8 Å². The molecule has 0 aromatic rings. The predicted octanol–water partition coefficient (Wildman–Crippen LogP) is 2.30. The Hall–Kier alpha value is -1.32. The van der Waals surface area contributed by atoms with Crippen molar-refractivity contribution in [1.29, 1.82) is 0 Å². The van der Waals surface area contributed by atoms with E-state index in [4.69, 9.17) is 10.2 Å². The summed E-state index contributed by atoms with van der Waals surface area (Å²) in [5.74, 6) is -3.06. The van der Waals surface area contributed by atoms with Crippen LogP contribution < -0.4 is 0 Å². The zero-order valence-corrected chi connectivity index (χ0v) is 8.98. The number of carboxylic acid groups (broad SMARTS) is 2. The second-order valence-corrected chi connectivity index (χ2v) is 3.47. The van der Waals surface area contributed by atoms with Gasteiger partial charge in [-0.3, -0.25) is 9.59 Å². The molecule has 0 rings (SSSR count). The average Bonchev–Trinajstić information content (AvgIpc) is 2.15. The van der Waals surface area contributed by atoms with Gasteiger partial charge in [0.25, 0.3) is 0 Å². The number of carboxylic acids is 2. The molecule has 0 amide bonds. The van der Waals surface area contributed by atoms with E-state index in [-0.39, 0.29) is 6.42 Å². The Morgan fingerprint density at radius 2 is 1.93 bits per heavy atom. The first-order valence-electron chi connectivity index (χ1n) is 5.19. The highest BCUT2D eigenvalue weighted by atomic mass is 16.4. The third kappa shape index (κ3) is 7.73. The van der Waals surface area contributed by atoms with Crippen LogP contribution in [0.1, 0.15) is 39.0 Å². The van der Waals surface area contributed by atoms with E-state index < -0.39 is 17.9 Å². The number of allylic oxidation sites excluding steroid dienone is 1. The Morgan fingerprint density at radius 1 is 1.27 bits per heavy atom. The maximum Gasteiger partial charge on any atom is 0.310 e. The van der Waals surface area contributed by atoms with Crippen LogP contribution in [0.3, 0.4) is 0 Å². The Labute approximate surface area is 89.6 Å². The van der Waals surface area contributed by atoms with Gasteiger partial charge in [-0.2, -0.15) is 0 Å². The molecule has 4 heteroatoms. The van der Waals surface area contributed by atoms with Crippen molar-refractivity contribution in [3.63, 3.8) is 0 Å². The maximum atomic E-state index is 10.6. The molecular weight excluding hydrogens is 196 g/mol. The highest BCUT2D eigenvalue weighted by molar-refractivity contribution is 5.79. The van der Waals surface area contributed by atoms with Crippen molar-refractivity contribution in [1.82, 2.24) is 0 Å². The van der Waals surface area contributed by atoms with Crippen LogP contribution in [0.2, 0.25) is 0 Å². The molecule has 0 aliphatic rings. The summed E-state index contributed by atoms with van der Waals surface area (Å²) >= 11 is 0. The van der Waals surface area contributed by atoms with Gasteiger partial charge in [0.05, 0.1) is 12.3 Å². The fourth-order valence-electron chi connectivity index (χ4n) is 1.20. The average molecular weight is 214 g/mol. The van der Waals surface area contributed by atoms with Crippen LogP contribution >= 0.6 is 0 Å². The normalized spacial score (nSPS) is 12.9. The summed E-state index contributed by atoms with van der Waals surface area (Å²) in [6, 6.07) is 0. The molecular formula is C11H18O4. The standard InChI is InChI=1S/C11H18O4/c1-2-3-4-5-6-7-9(11(14)15)8-10(12)13/h6-7,9H,2-5,8H2,1H3,(H,12,13)(H,14,15). The van der Waals surface area contributed by atoms with Gasteiger partial charge >= 0.3 is 11.9 Å². The Balaban J connectivity index is 3.94. The lowest BCUT2D eigenvalue weighted by atomic mass is 10.0. The number of aliphatic carboxylic acids is 2. The van der Waals surface area contributed by atoms with Crippen LogP contribution in [0.15, 0.2) is 12.2 Å². The predicted molar refractivity (Wildman–Crippen MR) is 56.7 cm³/mol. The number of carbonyl (C=O) groups is 2. The molecule has 0 saturated heterocycles. The second kappa shape index (κ2) is 8.03. The molecule has 0 aliphatic heterocycles. The summed E-state index contributed by atoms with van der Waals surface area (Å²) in [4.78, 5) is 21.0. The Kier molecular flexibility index (Phi) is 7.32. The fourth-order valence-corrected chi connectivity index (χ4v) is 1.20. The molecule has 4 nitrogen and oxygen atoms in total. The fraction of sp³-hybridized carbons (Fsp3) is 0.636. The second-order valence-electron chi connectivity index (χ2n) is 3.47. The summed E-state index contributed by atoms with van der Waals surface area (Å²) in [5.41, 5.74) is 0. The lowest BCUT2D eigenvalue weighted by Crippen LogP contribution is -2.15. The largest absolute Gasteiger partial charge is 0.481 e. The van der Waals surface area contributed by atoms with E-state index in [0.29, 0.717) is 0 Å². The molecule has 1 atom stereocenters. The van der Waals surface area contributed by atoms with Gasteiger partial charge in [-0.05, 0) is 12.8 Å².